The summed E-state index contributed by atoms with van der Waals surface area (Å²) in [4.78, 5) is 131. The Morgan fingerprint density at radius 2 is 0.657 bits per heavy atom. The molecule has 0 bridgehead atoms. The van der Waals surface area contributed by atoms with Crippen molar-refractivity contribution in [3.63, 3.8) is 0 Å². The number of carbonyl (C=O) groups excluding carboxylic acids is 9. The van der Waals surface area contributed by atoms with E-state index in [2.05, 4.69) is 20.7 Å². The van der Waals surface area contributed by atoms with Gasteiger partial charge in [0.05, 0.1) is 102 Å². The van der Waals surface area contributed by atoms with Gasteiger partial charge in [0.1, 0.15) is 17.9 Å². The molecule has 0 unspecified atom stereocenters. The lowest BCUT2D eigenvalue weighted by atomic mass is 10.0. The number of hydrogen-bond acceptors (Lipinski definition) is 24. The first kappa shape index (κ1) is 109. The molecule has 0 aliphatic carbocycles. The minimum Gasteiger partial charge on any atom is -0.481 e. The first-order valence-electron chi connectivity index (χ1n) is 31.1. The van der Waals surface area contributed by atoms with E-state index in [0.29, 0.717) is 32.8 Å². The van der Waals surface area contributed by atoms with Crippen molar-refractivity contribution in [2.75, 3.05) is 87.9 Å². The molecule has 0 radical (unpaired) electrons. The Bertz CT molecular complexity index is 2690. The molecule has 3 aromatic carbocycles. The number of rotatable bonds is 36. The third-order valence-electron chi connectivity index (χ3n) is 11.7. The molecule has 586 valence electrons. The van der Waals surface area contributed by atoms with Gasteiger partial charge in [-0.3, -0.25) is 52.7 Å². The molecule has 0 aromatic heterocycles. The number of ketones is 1. The molecule has 102 heavy (non-hydrogen) atoms. The van der Waals surface area contributed by atoms with Crippen LogP contribution in [0.1, 0.15) is 134 Å². The largest absolute Gasteiger partial charge is 0.481 e. The number of methoxy groups -OCH3 is 4. The van der Waals surface area contributed by atoms with Crippen LogP contribution in [0.5, 0.6) is 0 Å². The van der Waals surface area contributed by atoms with Gasteiger partial charge < -0.3 is 95.6 Å². The van der Waals surface area contributed by atoms with E-state index >= 15 is 0 Å². The lowest BCUT2D eigenvalue weighted by molar-refractivity contribution is -0.156. The maximum absolute atomic E-state index is 12.2. The summed E-state index contributed by atoms with van der Waals surface area (Å²) in [5.41, 5.74) is 13.4. The summed E-state index contributed by atoms with van der Waals surface area (Å²) in [6.07, 6.45) is -0.176. The Balaban J connectivity index is -0.000000172. The summed E-state index contributed by atoms with van der Waals surface area (Å²) < 4.78 is 38.2. The molecule has 12 N–H and O–H groups in total. The second-order valence-electron chi connectivity index (χ2n) is 22.6. The molecule has 0 aliphatic heterocycles. The van der Waals surface area contributed by atoms with Gasteiger partial charge in [-0.15, -0.1) is 0 Å². The highest BCUT2D eigenvalue weighted by Crippen LogP contribution is 2.11. The average Bonchev–Trinajstić information content (AvgIpc) is 0.929. The van der Waals surface area contributed by atoms with Crippen LogP contribution >= 0.6 is 0 Å². The number of ether oxygens (including phenoxy) is 8. The highest BCUT2D eigenvalue weighted by atomic mass is 16.6. The van der Waals surface area contributed by atoms with Crippen molar-refractivity contribution in [3.05, 3.63) is 108 Å². The van der Waals surface area contributed by atoms with E-state index in [1.807, 2.05) is 133 Å². The number of hydrogen-bond donors (Lipinski definition) is 10. The fourth-order valence-electron chi connectivity index (χ4n) is 6.72. The molecule has 0 fully saturated rings. The van der Waals surface area contributed by atoms with Crippen molar-refractivity contribution < 1.29 is 121 Å². The summed E-state index contributed by atoms with van der Waals surface area (Å²) in [6, 6.07) is 27.2. The number of nitrogens with two attached hydrogens (primary N) is 2. The van der Waals surface area contributed by atoms with Gasteiger partial charge in [-0.1, -0.05) is 162 Å². The number of carboxylic acids is 3. The van der Waals surface area contributed by atoms with Crippen LogP contribution in [-0.4, -0.2) is 197 Å². The van der Waals surface area contributed by atoms with Gasteiger partial charge in [-0.25, -0.2) is 0 Å². The molecular weight excluding hydrogens is 1330 g/mol. The van der Waals surface area contributed by atoms with Crippen LogP contribution in [-0.2, 0) is 115 Å². The topological polar surface area (TPSA) is 468 Å². The zero-order chi connectivity index (χ0) is 75.6. The molecule has 3 rings (SSSR count). The quantitative estimate of drug-likeness (QED) is 0.0176. The Morgan fingerprint density at radius 3 is 0.892 bits per heavy atom. The minimum absolute atomic E-state index is 0. The molecule has 0 saturated heterocycles. The molecule has 3 amide bonds. The molecule has 30 nitrogen and oxygen atoms in total. The number of nitrogens with one attached hydrogen (secondary N) is 3. The SMILES string of the molecule is C.C.C.C.CC(=O)OC(C)=O.CC(C)COC(=O)C[C@H](CO)C(=O)O.COC[C@@H](CC(=O)OCC(C)C)C(=O)NCc1ccccc1.COC[C@@H](CC(=O)OCC(C)C)C(=O)O.COC[C@@H](CC(C)=O)C(=O)NCc1ccccc1.COC[C@@H](N)C(=O)NCc1ccccc1.N[C@H](CO)C(=O)O. The Morgan fingerprint density at radius 1 is 0.373 bits per heavy atom. The van der Waals surface area contributed by atoms with Crippen LogP contribution in [0.2, 0.25) is 0 Å². The van der Waals surface area contributed by atoms with Crippen molar-refractivity contribution in [2.24, 2.45) is 52.9 Å². The Labute approximate surface area is 603 Å². The zero-order valence-electron chi connectivity index (χ0n) is 58.7. The van der Waals surface area contributed by atoms with E-state index < -0.39 is 90.8 Å². The molecule has 0 heterocycles. The fourth-order valence-corrected chi connectivity index (χ4v) is 6.72. The Kier molecular flexibility index (Phi) is 74.4. The number of amides is 3. The smallest absolute Gasteiger partial charge is 0.322 e. The van der Waals surface area contributed by atoms with Crippen LogP contribution in [0.3, 0.4) is 0 Å². The molecule has 3 aromatic rings. The van der Waals surface area contributed by atoms with Crippen LogP contribution in [0.4, 0.5) is 0 Å². The molecule has 0 spiro atoms. The summed E-state index contributed by atoms with van der Waals surface area (Å²) in [5, 5.41) is 50.2. The first-order chi connectivity index (χ1) is 46.1. The minimum atomic E-state index is -1.19. The van der Waals surface area contributed by atoms with Gasteiger partial charge >= 0.3 is 47.8 Å². The molecule has 0 saturated carbocycles. The van der Waals surface area contributed by atoms with Gasteiger partial charge in [0.25, 0.3) is 0 Å². The van der Waals surface area contributed by atoms with E-state index in [1.165, 1.54) is 49.2 Å². The maximum atomic E-state index is 12.2. The van der Waals surface area contributed by atoms with Crippen molar-refractivity contribution in [1.82, 2.24) is 16.0 Å². The average molecular weight is 1460 g/mol. The number of aliphatic hydroxyl groups is 2. The highest BCUT2D eigenvalue weighted by Gasteiger charge is 2.25. The molecule has 30 heteroatoms. The van der Waals surface area contributed by atoms with Crippen LogP contribution < -0.4 is 27.4 Å². The summed E-state index contributed by atoms with van der Waals surface area (Å²) >= 11 is 0. The zero-order valence-corrected chi connectivity index (χ0v) is 58.7. The number of aliphatic hydroxyl groups excluding tert-OH is 2. The lowest BCUT2D eigenvalue weighted by Crippen LogP contribution is -2.43. The van der Waals surface area contributed by atoms with Crippen molar-refractivity contribution in [1.29, 1.82) is 0 Å². The van der Waals surface area contributed by atoms with Crippen molar-refractivity contribution in [2.45, 2.75) is 149 Å². The van der Waals surface area contributed by atoms with Crippen LogP contribution in [0.25, 0.3) is 0 Å². The van der Waals surface area contributed by atoms with Gasteiger partial charge in [0.2, 0.25) is 17.7 Å². The predicted molar refractivity (Wildman–Crippen MR) is 385 cm³/mol. The lowest BCUT2D eigenvalue weighted by Gasteiger charge is -2.16. The number of Topliss-reactive ketones (excluding diaryl/α,β-unsaturated/α-hetero) is 1. The second-order valence-corrected chi connectivity index (χ2v) is 22.6. The van der Waals surface area contributed by atoms with Crippen LogP contribution in [0, 0.1) is 41.4 Å². The molecular formula is C72H123N5O25. The third kappa shape index (κ3) is 67.2. The second kappa shape index (κ2) is 69.5. The van der Waals surface area contributed by atoms with Gasteiger partial charge in [0.15, 0.2) is 0 Å². The summed E-state index contributed by atoms with van der Waals surface area (Å²) in [7, 11) is 5.95. The van der Waals surface area contributed by atoms with E-state index in [1.54, 1.807) is 0 Å². The predicted octanol–water partition coefficient (Wildman–Crippen LogP) is 6.20. The number of carboxylic acid groups (broad SMARTS) is 3. The van der Waals surface area contributed by atoms with E-state index in [4.69, 9.17) is 70.2 Å². The van der Waals surface area contributed by atoms with E-state index in [0.717, 1.165) is 16.7 Å². The Hall–Kier alpha value is -8.62. The highest BCUT2D eigenvalue weighted by molar-refractivity contribution is 5.86. The monoisotopic (exact) mass is 1460 g/mol. The number of aliphatic carboxylic acids is 3. The van der Waals surface area contributed by atoms with Gasteiger partial charge in [-0.05, 0) is 41.4 Å². The normalized spacial score (nSPS) is 11.5. The standard InChI is InChI=1S/C17H25NO4.C14H19NO3.C11H16N2O2.C10H18O5.C9H16O5.C4H6O3.C3H7NO3.4CH4/c1-13(2)11-22-16(19)9-15(12-21-3)17(20)18-10-14-7-5-4-6-8-14;1-11(16)8-13(10-18-2)14(17)15-9-12-6-4-3-5-7-12;1-15-8-10(12)11(14)13-7-9-5-3-2-4-6-9;1-7(2)5-15-9(11)4-8(6-14-3)10(12)13;1-6(2)5-14-8(11)3-7(4-10)9(12)13;1-3(5)7-4(2)6;4-2(1-5)3(6)7;;;;/h4-8,13,15H,9-12H2,1-3H3,(H,18,20);3-7,13H,8-10H2,1-2H3,(H,15,17);2-6,10H,7-8,12H2,1H3,(H,13,14);7-8H,4-6H2,1-3H3,(H,12,13);6-7,10H,3-5H2,1-2H3,(H,12,13);1-2H3;2,5H,1,4H2,(H,6,7);4*1H4/t15-;13-;10-;8-;7-;;2-;;;;/m11111.1..../s1. The van der Waals surface area contributed by atoms with Gasteiger partial charge in [0, 0.05) is 68.3 Å². The fraction of sp³-hybridized carbons (Fsp3) is 0.583. The summed E-state index contributed by atoms with van der Waals surface area (Å²) in [6.45, 7) is 17.4. The number of benzene rings is 3. The summed E-state index contributed by atoms with van der Waals surface area (Å²) in [5.74, 6) is -8.61. The first-order valence-corrected chi connectivity index (χ1v) is 31.1. The van der Waals surface area contributed by atoms with E-state index in [9.17, 15) is 57.5 Å². The third-order valence-corrected chi connectivity index (χ3v) is 11.7. The molecule has 0 aliphatic rings. The van der Waals surface area contributed by atoms with Crippen molar-refractivity contribution in [3.8, 4) is 0 Å². The van der Waals surface area contributed by atoms with Crippen LogP contribution in [0.15, 0.2) is 91.0 Å². The maximum Gasteiger partial charge on any atom is 0.322 e. The van der Waals surface area contributed by atoms with Crippen molar-refractivity contribution >= 4 is 71.3 Å². The van der Waals surface area contributed by atoms with E-state index in [-0.39, 0.29) is 136 Å². The number of carbonyl (C=O) groups is 12. The molecule has 6 atom stereocenters. The number of esters is 5. The van der Waals surface area contributed by atoms with Gasteiger partial charge in [-0.2, -0.15) is 0 Å².